The van der Waals surface area contributed by atoms with E-state index in [1.54, 1.807) is 30.3 Å². The van der Waals surface area contributed by atoms with Crippen LogP contribution in [0.3, 0.4) is 0 Å². The molecule has 0 radical (unpaired) electrons. The lowest BCUT2D eigenvalue weighted by Crippen LogP contribution is -2.25. The van der Waals surface area contributed by atoms with Crippen LogP contribution in [0.25, 0.3) is 0 Å². The van der Waals surface area contributed by atoms with Crippen LogP contribution in [0.2, 0.25) is 5.02 Å². The monoisotopic (exact) mass is 307 g/mol. The summed E-state index contributed by atoms with van der Waals surface area (Å²) in [5, 5.41) is 2.72. The molecule has 0 aromatic heterocycles. The molecule has 0 atom stereocenters. The van der Waals surface area contributed by atoms with Crippen LogP contribution in [0, 0.1) is 5.82 Å². The van der Waals surface area contributed by atoms with E-state index in [1.165, 1.54) is 6.07 Å². The third-order valence-corrected chi connectivity index (χ3v) is 3.45. The molecule has 0 unspecified atom stereocenters. The summed E-state index contributed by atoms with van der Waals surface area (Å²) in [4.78, 5) is 11.4. The molecule has 3 rings (SSSR count). The highest BCUT2D eigenvalue weighted by Gasteiger charge is 2.20. The van der Waals surface area contributed by atoms with Gasteiger partial charge in [-0.3, -0.25) is 4.79 Å². The van der Waals surface area contributed by atoms with Gasteiger partial charge in [-0.25, -0.2) is 4.39 Å². The highest BCUT2D eigenvalue weighted by Crippen LogP contribution is 2.37. The predicted molar refractivity (Wildman–Crippen MR) is 76.3 cm³/mol. The molecule has 4 nitrogen and oxygen atoms in total. The van der Waals surface area contributed by atoms with Crippen molar-refractivity contribution in [3.63, 3.8) is 0 Å². The molecular formula is C15H11ClFNO3. The van der Waals surface area contributed by atoms with E-state index in [2.05, 4.69) is 5.32 Å². The molecule has 0 fully saturated rings. The highest BCUT2D eigenvalue weighted by atomic mass is 35.5. The third kappa shape index (κ3) is 2.78. The van der Waals surface area contributed by atoms with Gasteiger partial charge in [0.2, 0.25) is 0 Å². The minimum Gasteiger partial charge on any atom is -0.487 e. The summed E-state index contributed by atoms with van der Waals surface area (Å²) in [7, 11) is 0. The van der Waals surface area contributed by atoms with E-state index in [4.69, 9.17) is 21.1 Å². The largest absolute Gasteiger partial charge is 0.487 e. The van der Waals surface area contributed by atoms with Crippen molar-refractivity contribution in [3.05, 3.63) is 52.8 Å². The van der Waals surface area contributed by atoms with Crippen molar-refractivity contribution < 1.29 is 18.7 Å². The molecule has 6 heteroatoms. The number of amides is 1. The van der Waals surface area contributed by atoms with E-state index in [-0.39, 0.29) is 24.1 Å². The molecule has 1 amide bonds. The second-order valence-corrected chi connectivity index (χ2v) is 4.85. The lowest BCUT2D eigenvalue weighted by Gasteiger charge is -2.20. The zero-order valence-electron chi connectivity index (χ0n) is 10.9. The molecular weight excluding hydrogens is 297 g/mol. The summed E-state index contributed by atoms with van der Waals surface area (Å²) >= 11 is 5.88. The fraction of sp³-hybridized carbons (Fsp3) is 0.133. The number of nitrogens with one attached hydrogen (secondary N) is 1. The van der Waals surface area contributed by atoms with E-state index < -0.39 is 5.82 Å². The van der Waals surface area contributed by atoms with Gasteiger partial charge in [-0.05, 0) is 18.2 Å². The van der Waals surface area contributed by atoms with E-state index >= 15 is 0 Å². The molecule has 1 heterocycles. The Labute approximate surface area is 125 Å². The third-order valence-electron chi connectivity index (χ3n) is 3.03. The van der Waals surface area contributed by atoms with Crippen LogP contribution in [-0.4, -0.2) is 12.5 Å². The van der Waals surface area contributed by atoms with Gasteiger partial charge in [-0.1, -0.05) is 29.8 Å². The highest BCUT2D eigenvalue weighted by molar-refractivity contribution is 6.31. The number of para-hydroxylation sites is 1. The minimum absolute atomic E-state index is 0.0216. The summed E-state index contributed by atoms with van der Waals surface area (Å²) in [6, 6.07) is 9.70. The average molecular weight is 308 g/mol. The van der Waals surface area contributed by atoms with Crippen molar-refractivity contribution in [1.82, 2.24) is 0 Å². The number of carbonyl (C=O) groups is 1. The molecule has 1 aliphatic heterocycles. The SMILES string of the molecule is O=C1COc2cccc(OCc3cccc(F)c3Cl)c2N1. The zero-order valence-corrected chi connectivity index (χ0v) is 11.6. The molecule has 0 saturated heterocycles. The summed E-state index contributed by atoms with van der Waals surface area (Å²) in [6.07, 6.45) is 0. The Kier molecular flexibility index (Phi) is 3.66. The van der Waals surface area contributed by atoms with Crippen LogP contribution in [-0.2, 0) is 11.4 Å². The maximum Gasteiger partial charge on any atom is 0.262 e. The first-order valence-corrected chi connectivity index (χ1v) is 6.64. The lowest BCUT2D eigenvalue weighted by molar-refractivity contribution is -0.118. The smallest absolute Gasteiger partial charge is 0.262 e. The summed E-state index contributed by atoms with van der Waals surface area (Å²) in [5.41, 5.74) is 0.999. The predicted octanol–water partition coefficient (Wildman–Crippen LogP) is 3.39. The van der Waals surface area contributed by atoms with Crippen LogP contribution in [0.15, 0.2) is 36.4 Å². The first-order chi connectivity index (χ1) is 10.1. The van der Waals surface area contributed by atoms with Gasteiger partial charge in [0.15, 0.2) is 6.61 Å². The molecule has 2 aromatic rings. The normalized spacial score (nSPS) is 13.1. The number of hydrogen-bond acceptors (Lipinski definition) is 3. The summed E-state index contributed by atoms with van der Waals surface area (Å²) in [6.45, 7) is 0.0646. The van der Waals surface area contributed by atoms with Crippen molar-refractivity contribution >= 4 is 23.2 Å². The van der Waals surface area contributed by atoms with Gasteiger partial charge >= 0.3 is 0 Å². The van der Waals surface area contributed by atoms with Crippen molar-refractivity contribution in [2.75, 3.05) is 11.9 Å². The van der Waals surface area contributed by atoms with Crippen LogP contribution >= 0.6 is 11.6 Å². The topological polar surface area (TPSA) is 47.6 Å². The van der Waals surface area contributed by atoms with Gasteiger partial charge in [0.05, 0.1) is 5.02 Å². The average Bonchev–Trinajstić information content (AvgIpc) is 2.49. The van der Waals surface area contributed by atoms with E-state index in [0.29, 0.717) is 22.7 Å². The molecule has 0 saturated carbocycles. The molecule has 1 N–H and O–H groups in total. The van der Waals surface area contributed by atoms with Crippen molar-refractivity contribution in [2.24, 2.45) is 0 Å². The Bertz CT molecular complexity index is 705. The first kappa shape index (κ1) is 13.7. The number of fused-ring (bicyclic) bond motifs is 1. The number of carbonyl (C=O) groups excluding carboxylic acids is 1. The lowest BCUT2D eigenvalue weighted by atomic mass is 10.2. The summed E-state index contributed by atoms with van der Waals surface area (Å²) < 4.78 is 24.3. The second-order valence-electron chi connectivity index (χ2n) is 4.47. The van der Waals surface area contributed by atoms with Crippen LogP contribution in [0.1, 0.15) is 5.56 Å². The van der Waals surface area contributed by atoms with Crippen molar-refractivity contribution in [2.45, 2.75) is 6.61 Å². The van der Waals surface area contributed by atoms with Gasteiger partial charge in [-0.2, -0.15) is 0 Å². The van der Waals surface area contributed by atoms with Gasteiger partial charge in [-0.15, -0.1) is 0 Å². The van der Waals surface area contributed by atoms with E-state index in [0.717, 1.165) is 0 Å². The second kappa shape index (κ2) is 5.61. The molecule has 0 bridgehead atoms. The summed E-state index contributed by atoms with van der Waals surface area (Å²) in [5.74, 6) is 0.241. The van der Waals surface area contributed by atoms with E-state index in [1.807, 2.05) is 0 Å². The van der Waals surface area contributed by atoms with Crippen LogP contribution in [0.4, 0.5) is 10.1 Å². The van der Waals surface area contributed by atoms with Gasteiger partial charge in [0.25, 0.3) is 5.91 Å². The molecule has 2 aromatic carbocycles. The Morgan fingerprint density at radius 1 is 1.29 bits per heavy atom. The number of halogens is 2. The Morgan fingerprint density at radius 3 is 2.95 bits per heavy atom. The zero-order chi connectivity index (χ0) is 14.8. The molecule has 21 heavy (non-hydrogen) atoms. The number of hydrogen-bond donors (Lipinski definition) is 1. The van der Waals surface area contributed by atoms with Gasteiger partial charge < -0.3 is 14.8 Å². The maximum absolute atomic E-state index is 13.4. The number of anilines is 1. The quantitative estimate of drug-likeness (QED) is 0.945. The van der Waals surface area contributed by atoms with Crippen LogP contribution < -0.4 is 14.8 Å². The number of rotatable bonds is 3. The molecule has 0 spiro atoms. The standard InChI is InChI=1S/C15H11ClFNO3/c16-14-9(3-1-4-10(14)17)7-20-11-5-2-6-12-15(11)18-13(19)8-21-12/h1-6H,7-8H2,(H,18,19). The van der Waals surface area contributed by atoms with Crippen molar-refractivity contribution in [3.8, 4) is 11.5 Å². The van der Waals surface area contributed by atoms with Crippen LogP contribution in [0.5, 0.6) is 11.5 Å². The number of benzene rings is 2. The van der Waals surface area contributed by atoms with Gasteiger partial charge in [0.1, 0.15) is 29.6 Å². The van der Waals surface area contributed by atoms with Gasteiger partial charge in [0, 0.05) is 5.56 Å². The fourth-order valence-electron chi connectivity index (χ4n) is 2.01. The molecule has 1 aliphatic rings. The minimum atomic E-state index is -0.496. The Hall–Kier alpha value is -2.27. The van der Waals surface area contributed by atoms with Crippen molar-refractivity contribution in [1.29, 1.82) is 0 Å². The van der Waals surface area contributed by atoms with E-state index in [9.17, 15) is 9.18 Å². The maximum atomic E-state index is 13.4. The first-order valence-electron chi connectivity index (χ1n) is 6.26. The molecule has 108 valence electrons. The Morgan fingerprint density at radius 2 is 2.10 bits per heavy atom. The fourth-order valence-corrected chi connectivity index (χ4v) is 2.19. The molecule has 0 aliphatic carbocycles. The Balaban J connectivity index is 1.83. The number of ether oxygens (including phenoxy) is 2.